The maximum Gasteiger partial charge on any atom is 0.263 e. The summed E-state index contributed by atoms with van der Waals surface area (Å²) >= 11 is 3.07. The summed E-state index contributed by atoms with van der Waals surface area (Å²) in [6.45, 7) is 6.43. The van der Waals surface area contributed by atoms with E-state index in [1.54, 1.807) is 22.0 Å². The monoisotopic (exact) mass is 398 g/mol. The number of hydrogen-bond acceptors (Lipinski definition) is 6. The van der Waals surface area contributed by atoms with Gasteiger partial charge < -0.3 is 0 Å². The largest absolute Gasteiger partial charge is 0.283 e. The van der Waals surface area contributed by atoms with Crippen LogP contribution in [0.5, 0.6) is 0 Å². The van der Waals surface area contributed by atoms with E-state index < -0.39 is 0 Å². The van der Waals surface area contributed by atoms with Crippen LogP contribution in [-0.4, -0.2) is 15.3 Å². The zero-order valence-corrected chi connectivity index (χ0v) is 17.0. The average Bonchev–Trinajstić information content (AvgIpc) is 3.02. The van der Waals surface area contributed by atoms with Crippen molar-refractivity contribution in [1.82, 2.24) is 9.55 Å². The standard InChI is InChI=1S/C20H22N4OS2/c1-3-9-24-19(25)17-15-7-6-13(2)10-16(15)27-18(17)23-20(24)26-12-14(11-22)5-4-8-21/h3,13-14H,1,4-7,9-10,12H2,2H3/t13-,14-/m0/s1. The van der Waals surface area contributed by atoms with E-state index in [0.717, 1.165) is 29.5 Å². The number of hydrogen-bond donors (Lipinski definition) is 0. The number of aryl methyl sites for hydroxylation is 1. The SMILES string of the molecule is C=CCn1c(SC[C@H](C#N)CCC#N)nc2sc3c(c2c1=O)CC[C@H](C)C3. The molecule has 2 aromatic rings. The van der Waals surface area contributed by atoms with E-state index in [4.69, 9.17) is 10.2 Å². The number of nitrogens with zero attached hydrogens (tertiary/aromatic N) is 4. The van der Waals surface area contributed by atoms with Gasteiger partial charge in [-0.25, -0.2) is 4.98 Å². The molecule has 0 N–H and O–H groups in total. The normalized spacial score (nSPS) is 17.1. The van der Waals surface area contributed by atoms with Crippen molar-refractivity contribution < 1.29 is 0 Å². The zero-order chi connectivity index (χ0) is 19.4. The first-order valence-corrected chi connectivity index (χ1v) is 10.9. The van der Waals surface area contributed by atoms with E-state index in [-0.39, 0.29) is 11.5 Å². The fourth-order valence-corrected chi connectivity index (χ4v) is 5.90. The Bertz CT molecular complexity index is 993. The topological polar surface area (TPSA) is 82.5 Å². The smallest absolute Gasteiger partial charge is 0.263 e. The van der Waals surface area contributed by atoms with Crippen molar-refractivity contribution in [1.29, 1.82) is 10.5 Å². The van der Waals surface area contributed by atoms with Gasteiger partial charge in [0.2, 0.25) is 0 Å². The van der Waals surface area contributed by atoms with Gasteiger partial charge in [-0.05, 0) is 37.2 Å². The lowest BCUT2D eigenvalue weighted by Crippen LogP contribution is -2.24. The number of allylic oxidation sites excluding steroid dienone is 1. The molecule has 0 aliphatic heterocycles. The van der Waals surface area contributed by atoms with Gasteiger partial charge in [0.25, 0.3) is 5.56 Å². The Balaban J connectivity index is 1.98. The number of thioether (sulfide) groups is 1. The van der Waals surface area contributed by atoms with Crippen LogP contribution in [0, 0.1) is 34.5 Å². The minimum absolute atomic E-state index is 0.0000134. The predicted molar refractivity (Wildman–Crippen MR) is 110 cm³/mol. The van der Waals surface area contributed by atoms with E-state index in [2.05, 4.69) is 25.6 Å². The number of thiophene rings is 1. The molecule has 0 bridgehead atoms. The third-order valence-corrected chi connectivity index (χ3v) is 7.18. The summed E-state index contributed by atoms with van der Waals surface area (Å²) in [6, 6.07) is 4.33. The fraction of sp³-hybridized carbons (Fsp3) is 0.500. The van der Waals surface area contributed by atoms with Gasteiger partial charge in [0.1, 0.15) is 4.83 Å². The lowest BCUT2D eigenvalue weighted by atomic mass is 9.89. The van der Waals surface area contributed by atoms with Crippen molar-refractivity contribution >= 4 is 33.3 Å². The molecule has 5 nitrogen and oxygen atoms in total. The highest BCUT2D eigenvalue weighted by Crippen LogP contribution is 2.36. The molecule has 27 heavy (non-hydrogen) atoms. The minimum Gasteiger partial charge on any atom is -0.283 e. The van der Waals surface area contributed by atoms with Gasteiger partial charge in [0.05, 0.1) is 23.4 Å². The number of fused-ring (bicyclic) bond motifs is 3. The van der Waals surface area contributed by atoms with Crippen LogP contribution in [-0.2, 0) is 19.4 Å². The molecule has 0 spiro atoms. The Labute approximate surface area is 167 Å². The average molecular weight is 399 g/mol. The summed E-state index contributed by atoms with van der Waals surface area (Å²) < 4.78 is 1.67. The Hall–Kier alpha value is -2.09. The van der Waals surface area contributed by atoms with Crippen LogP contribution in [0.25, 0.3) is 10.2 Å². The van der Waals surface area contributed by atoms with E-state index in [1.807, 2.05) is 0 Å². The molecular weight excluding hydrogens is 376 g/mol. The second-order valence-electron chi connectivity index (χ2n) is 6.96. The molecule has 140 valence electrons. The van der Waals surface area contributed by atoms with Gasteiger partial charge in [-0.1, -0.05) is 24.8 Å². The van der Waals surface area contributed by atoms with Crippen LogP contribution in [0.4, 0.5) is 0 Å². The molecule has 0 fully saturated rings. The van der Waals surface area contributed by atoms with Crippen LogP contribution >= 0.6 is 23.1 Å². The van der Waals surface area contributed by atoms with E-state index in [9.17, 15) is 10.1 Å². The van der Waals surface area contributed by atoms with Gasteiger partial charge >= 0.3 is 0 Å². The molecule has 0 saturated carbocycles. The molecule has 2 aromatic heterocycles. The van der Waals surface area contributed by atoms with Crippen molar-refractivity contribution in [3.05, 3.63) is 33.4 Å². The first-order valence-electron chi connectivity index (χ1n) is 9.14. The maximum absolute atomic E-state index is 13.2. The molecule has 0 aromatic carbocycles. The Morgan fingerprint density at radius 1 is 1.52 bits per heavy atom. The van der Waals surface area contributed by atoms with E-state index in [1.165, 1.54) is 22.2 Å². The Morgan fingerprint density at radius 2 is 2.33 bits per heavy atom. The van der Waals surface area contributed by atoms with Crippen molar-refractivity contribution in [3.63, 3.8) is 0 Å². The van der Waals surface area contributed by atoms with Crippen molar-refractivity contribution in [2.24, 2.45) is 11.8 Å². The van der Waals surface area contributed by atoms with E-state index >= 15 is 0 Å². The van der Waals surface area contributed by atoms with Gasteiger partial charge in [0.15, 0.2) is 5.16 Å². The lowest BCUT2D eigenvalue weighted by molar-refractivity contribution is 0.509. The van der Waals surface area contributed by atoms with Crippen LogP contribution in [0.2, 0.25) is 0 Å². The molecule has 1 aliphatic carbocycles. The minimum atomic E-state index is -0.225. The highest BCUT2D eigenvalue weighted by atomic mass is 32.2. The van der Waals surface area contributed by atoms with Crippen LogP contribution in [0.15, 0.2) is 22.6 Å². The zero-order valence-electron chi connectivity index (χ0n) is 15.4. The van der Waals surface area contributed by atoms with E-state index in [0.29, 0.717) is 36.2 Å². The molecular formula is C20H22N4OS2. The van der Waals surface area contributed by atoms with Crippen LogP contribution in [0.1, 0.15) is 36.6 Å². The summed E-state index contributed by atoms with van der Waals surface area (Å²) in [4.78, 5) is 20.1. The van der Waals surface area contributed by atoms with Crippen molar-refractivity contribution in [2.75, 3.05) is 5.75 Å². The first-order chi connectivity index (χ1) is 13.1. The summed E-state index contributed by atoms with van der Waals surface area (Å²) in [5.41, 5.74) is 1.18. The summed E-state index contributed by atoms with van der Waals surface area (Å²) in [6.07, 6.45) is 5.68. The van der Waals surface area contributed by atoms with Gasteiger partial charge in [0, 0.05) is 23.6 Å². The van der Waals surface area contributed by atoms with Crippen LogP contribution in [0.3, 0.4) is 0 Å². The van der Waals surface area contributed by atoms with Crippen molar-refractivity contribution in [2.45, 2.75) is 50.7 Å². The molecule has 7 heteroatoms. The molecule has 0 amide bonds. The summed E-state index contributed by atoms with van der Waals surface area (Å²) in [5.74, 6) is 0.943. The summed E-state index contributed by atoms with van der Waals surface area (Å²) in [7, 11) is 0. The second-order valence-corrected chi connectivity index (χ2v) is 9.04. The lowest BCUT2D eigenvalue weighted by Gasteiger charge is -2.17. The third-order valence-electron chi connectivity index (χ3n) is 4.89. The van der Waals surface area contributed by atoms with Gasteiger partial charge in [-0.2, -0.15) is 10.5 Å². The molecule has 2 atom stereocenters. The molecule has 3 rings (SSSR count). The first kappa shape index (κ1) is 19.7. The highest BCUT2D eigenvalue weighted by Gasteiger charge is 2.24. The van der Waals surface area contributed by atoms with Crippen LogP contribution < -0.4 is 5.56 Å². The summed E-state index contributed by atoms with van der Waals surface area (Å²) in [5, 5.41) is 19.4. The fourth-order valence-electron chi connectivity index (χ4n) is 3.40. The molecule has 0 unspecified atom stereocenters. The van der Waals surface area contributed by atoms with Crippen molar-refractivity contribution in [3.8, 4) is 12.1 Å². The quantitative estimate of drug-likeness (QED) is 0.394. The number of rotatable bonds is 7. The highest BCUT2D eigenvalue weighted by molar-refractivity contribution is 7.99. The maximum atomic E-state index is 13.2. The number of nitriles is 2. The Kier molecular flexibility index (Phi) is 6.36. The molecule has 0 radical (unpaired) electrons. The molecule has 1 aliphatic rings. The Morgan fingerprint density at radius 3 is 3.04 bits per heavy atom. The van der Waals surface area contributed by atoms with Gasteiger partial charge in [-0.3, -0.25) is 9.36 Å². The number of aromatic nitrogens is 2. The predicted octanol–water partition coefficient (Wildman–Crippen LogP) is 4.30. The second kappa shape index (κ2) is 8.73. The van der Waals surface area contributed by atoms with Gasteiger partial charge in [-0.15, -0.1) is 17.9 Å². The molecule has 0 saturated heterocycles. The molecule has 2 heterocycles. The third kappa shape index (κ3) is 4.10.